The third kappa shape index (κ3) is 3.80. The molecule has 0 atom stereocenters. The van der Waals surface area contributed by atoms with Crippen molar-refractivity contribution in [2.24, 2.45) is 0 Å². The number of halogens is 1. The van der Waals surface area contributed by atoms with E-state index in [0.717, 1.165) is 17.6 Å². The second kappa shape index (κ2) is 6.54. The first-order chi connectivity index (χ1) is 6.56. The van der Waals surface area contributed by atoms with Gasteiger partial charge in [-0.05, 0) is 6.07 Å². The van der Waals surface area contributed by atoms with E-state index in [1.165, 1.54) is 6.07 Å². The zero-order chi connectivity index (χ0) is 10.7. The van der Waals surface area contributed by atoms with Gasteiger partial charge in [0, 0.05) is 12.1 Å². The van der Waals surface area contributed by atoms with E-state index in [1.807, 2.05) is 0 Å². The standard InChI is InChI=1S/C7H4ClN2O4.K/c8-6-2-1-4(10(13)14)3-5(6)7(11)9-12;/h1-3H,(H-,9,11,12);/q-1;+1. The molecule has 0 spiro atoms. The molecular formula is C7H4ClKN2O4. The predicted octanol–water partition coefficient (Wildman–Crippen LogP) is -1.52. The van der Waals surface area contributed by atoms with Gasteiger partial charge in [0.15, 0.2) is 0 Å². The molecule has 15 heavy (non-hydrogen) atoms. The Hall–Kier alpha value is -0.0236. The zero-order valence-corrected chi connectivity index (χ0v) is 11.6. The molecule has 0 saturated carbocycles. The van der Waals surface area contributed by atoms with Gasteiger partial charge in [-0.15, -0.1) is 0 Å². The fourth-order valence-electron chi connectivity index (χ4n) is 0.856. The first kappa shape index (κ1) is 15.0. The number of nitro benzene ring substituents is 1. The summed E-state index contributed by atoms with van der Waals surface area (Å²) in [4.78, 5) is 20.5. The fourth-order valence-corrected chi connectivity index (χ4v) is 1.06. The molecule has 0 aliphatic carbocycles. The molecule has 0 fully saturated rings. The van der Waals surface area contributed by atoms with E-state index >= 15 is 0 Å². The summed E-state index contributed by atoms with van der Waals surface area (Å²) in [5.74, 6) is -1.00. The molecule has 6 nitrogen and oxygen atoms in total. The van der Waals surface area contributed by atoms with E-state index < -0.39 is 10.8 Å². The van der Waals surface area contributed by atoms with E-state index in [2.05, 4.69) is 0 Å². The molecule has 74 valence electrons. The van der Waals surface area contributed by atoms with Crippen LogP contribution in [0.4, 0.5) is 5.69 Å². The van der Waals surface area contributed by atoms with E-state index in [-0.39, 0.29) is 67.7 Å². The molecule has 0 aliphatic heterocycles. The maximum absolute atomic E-state index is 10.9. The summed E-state index contributed by atoms with van der Waals surface area (Å²) in [6.07, 6.45) is 0. The molecule has 1 N–H and O–H groups in total. The number of nitrogens with zero attached hydrogens (tertiary/aromatic N) is 1. The summed E-state index contributed by atoms with van der Waals surface area (Å²) in [5.41, 5.74) is 0.582. The van der Waals surface area contributed by atoms with Gasteiger partial charge in [-0.1, -0.05) is 11.6 Å². The van der Waals surface area contributed by atoms with Gasteiger partial charge >= 0.3 is 51.4 Å². The van der Waals surface area contributed by atoms with Crippen molar-refractivity contribution < 1.29 is 61.1 Å². The van der Waals surface area contributed by atoms with Crippen LogP contribution in [0.15, 0.2) is 18.2 Å². The smallest absolute Gasteiger partial charge is 0.759 e. The van der Waals surface area contributed by atoms with Gasteiger partial charge in [-0.25, -0.2) is 0 Å². The molecule has 0 radical (unpaired) electrons. The Morgan fingerprint density at radius 3 is 2.53 bits per heavy atom. The normalized spacial score (nSPS) is 8.93. The molecule has 1 aromatic carbocycles. The van der Waals surface area contributed by atoms with Gasteiger partial charge in [-0.3, -0.25) is 14.9 Å². The third-order valence-corrected chi connectivity index (χ3v) is 1.83. The second-order valence-corrected chi connectivity index (χ2v) is 2.76. The van der Waals surface area contributed by atoms with Gasteiger partial charge in [0.2, 0.25) is 5.91 Å². The maximum atomic E-state index is 10.9. The fraction of sp³-hybridized carbons (Fsp3) is 0. The number of benzene rings is 1. The maximum Gasteiger partial charge on any atom is 1.00 e. The number of nitrogens with one attached hydrogen (secondary N) is 1. The molecule has 0 aliphatic rings. The van der Waals surface area contributed by atoms with Crippen molar-refractivity contribution in [3.63, 3.8) is 0 Å². The van der Waals surface area contributed by atoms with Gasteiger partial charge in [0.25, 0.3) is 5.69 Å². The minimum atomic E-state index is -1.00. The van der Waals surface area contributed by atoms with Gasteiger partial charge in [0.05, 0.1) is 15.5 Å². The number of non-ortho nitro benzene ring substituents is 1. The van der Waals surface area contributed by atoms with Gasteiger partial charge in [0.1, 0.15) is 0 Å². The summed E-state index contributed by atoms with van der Waals surface area (Å²) in [7, 11) is 0. The molecule has 1 rings (SSSR count). The quantitative estimate of drug-likeness (QED) is 0.394. The van der Waals surface area contributed by atoms with Crippen molar-refractivity contribution in [2.45, 2.75) is 0 Å². The van der Waals surface area contributed by atoms with Crippen molar-refractivity contribution in [2.75, 3.05) is 0 Å². The van der Waals surface area contributed by atoms with Crippen LogP contribution in [-0.2, 0) is 0 Å². The predicted molar refractivity (Wildman–Crippen MR) is 48.9 cm³/mol. The van der Waals surface area contributed by atoms with Gasteiger partial charge in [-0.2, -0.15) is 0 Å². The first-order valence-corrected chi connectivity index (χ1v) is 3.80. The molecule has 0 bridgehead atoms. The number of carbonyl (C=O) groups excluding carboxylic acids is 1. The Balaban J connectivity index is 0.00000196. The van der Waals surface area contributed by atoms with Crippen LogP contribution >= 0.6 is 11.6 Å². The van der Waals surface area contributed by atoms with Crippen LogP contribution in [0.1, 0.15) is 10.4 Å². The summed E-state index contributed by atoms with van der Waals surface area (Å²) >= 11 is 5.55. The number of hydrogen-bond acceptors (Lipinski definition) is 4. The van der Waals surface area contributed by atoms with Crippen LogP contribution in [-0.4, -0.2) is 10.8 Å². The van der Waals surface area contributed by atoms with Crippen molar-refractivity contribution in [3.8, 4) is 0 Å². The van der Waals surface area contributed by atoms with Gasteiger partial charge < -0.3 is 10.7 Å². The minimum absolute atomic E-state index is 0. The third-order valence-electron chi connectivity index (χ3n) is 1.50. The molecule has 1 amide bonds. The first-order valence-electron chi connectivity index (χ1n) is 3.42. The summed E-state index contributed by atoms with van der Waals surface area (Å²) in [6, 6.07) is 3.27. The Labute approximate surface area is 132 Å². The Morgan fingerprint density at radius 1 is 1.47 bits per heavy atom. The van der Waals surface area contributed by atoms with E-state index in [4.69, 9.17) is 11.6 Å². The SMILES string of the molecule is O=C(N[O-])c1cc([N+](=O)[O-])ccc1Cl.[K+]. The van der Waals surface area contributed by atoms with Crippen molar-refractivity contribution in [1.82, 2.24) is 5.48 Å². The van der Waals surface area contributed by atoms with Crippen molar-refractivity contribution in [3.05, 3.63) is 44.1 Å². The van der Waals surface area contributed by atoms with E-state index in [9.17, 15) is 20.1 Å². The Morgan fingerprint density at radius 2 is 2.07 bits per heavy atom. The van der Waals surface area contributed by atoms with Crippen LogP contribution in [0, 0.1) is 15.3 Å². The monoisotopic (exact) mass is 254 g/mol. The van der Waals surface area contributed by atoms with Crippen molar-refractivity contribution in [1.29, 1.82) is 0 Å². The van der Waals surface area contributed by atoms with Crippen molar-refractivity contribution >= 4 is 23.2 Å². The van der Waals surface area contributed by atoms with Crippen LogP contribution in [0.2, 0.25) is 5.02 Å². The minimum Gasteiger partial charge on any atom is -0.759 e. The van der Waals surface area contributed by atoms with Crippen LogP contribution < -0.4 is 56.9 Å². The Kier molecular flexibility index (Phi) is 6.53. The largest absolute Gasteiger partial charge is 1.00 e. The molecule has 0 heterocycles. The van der Waals surface area contributed by atoms with Crippen LogP contribution in [0.25, 0.3) is 0 Å². The number of carbonyl (C=O) groups is 1. The number of rotatable bonds is 2. The Bertz CT molecular complexity index is 399. The molecule has 0 saturated heterocycles. The topological polar surface area (TPSA) is 95.3 Å². The average molecular weight is 255 g/mol. The van der Waals surface area contributed by atoms with E-state index in [1.54, 1.807) is 0 Å². The van der Waals surface area contributed by atoms with Crippen LogP contribution in [0.3, 0.4) is 0 Å². The number of nitro groups is 1. The molecule has 1 aromatic rings. The average Bonchev–Trinajstić information content (AvgIpc) is 2.17. The molecule has 0 unspecified atom stereocenters. The number of amides is 1. The van der Waals surface area contributed by atoms with E-state index in [0.29, 0.717) is 0 Å². The molecule has 8 heteroatoms. The number of hydroxylamine groups is 1. The summed E-state index contributed by atoms with van der Waals surface area (Å²) in [5, 5.41) is 20.4. The van der Waals surface area contributed by atoms with Crippen LogP contribution in [0.5, 0.6) is 0 Å². The second-order valence-electron chi connectivity index (χ2n) is 2.35. The summed E-state index contributed by atoms with van der Waals surface area (Å²) in [6.45, 7) is 0. The molecule has 0 aromatic heterocycles. The molecular weight excluding hydrogens is 251 g/mol. The summed E-state index contributed by atoms with van der Waals surface area (Å²) < 4.78 is 0. The number of hydrogen-bond donors (Lipinski definition) is 1. The zero-order valence-electron chi connectivity index (χ0n) is 7.69.